The highest BCUT2D eigenvalue weighted by Crippen LogP contribution is 2.31. The topological polar surface area (TPSA) is 78.9 Å². The van der Waals surface area contributed by atoms with Crippen molar-refractivity contribution in [2.45, 2.75) is 18.6 Å². The molecule has 1 fully saturated rings. The van der Waals surface area contributed by atoms with Crippen LogP contribution in [0, 0.1) is 11.6 Å². The van der Waals surface area contributed by atoms with E-state index in [0.29, 0.717) is 5.75 Å². The summed E-state index contributed by atoms with van der Waals surface area (Å²) in [6, 6.07) is 10.6. The number of ether oxygens (including phenoxy) is 1. The van der Waals surface area contributed by atoms with Gasteiger partial charge in [-0.3, -0.25) is 9.69 Å². The largest absolute Gasteiger partial charge is 0.491 e. The normalized spacial score (nSPS) is 20.5. The number of halogens is 2. The number of carbonyl (C=O) groups is 2. The number of β-amino-alcohol motifs (C(OH)–C–C–N with tert-alkyl or cyclic N) is 1. The third-order valence-electron chi connectivity index (χ3n) is 4.32. The first-order chi connectivity index (χ1) is 12.8. The van der Waals surface area contributed by atoms with Crippen molar-refractivity contribution in [1.29, 1.82) is 0 Å². The summed E-state index contributed by atoms with van der Waals surface area (Å²) >= 11 is 0. The zero-order valence-electron chi connectivity index (χ0n) is 14.5. The van der Waals surface area contributed by atoms with Gasteiger partial charge in [0, 0.05) is 5.56 Å². The SMILES string of the molecule is C[C@]1(c2cc(F)ccc2F)NC(=O)N(C[C@@H](O)COc2ccccc2)C1=O. The number of nitrogens with one attached hydrogen (secondary N) is 1. The van der Waals surface area contributed by atoms with Crippen molar-refractivity contribution in [3.63, 3.8) is 0 Å². The molecule has 6 nitrogen and oxygen atoms in total. The van der Waals surface area contributed by atoms with Crippen molar-refractivity contribution in [3.05, 3.63) is 65.7 Å². The molecule has 1 aliphatic rings. The lowest BCUT2D eigenvalue weighted by atomic mass is 9.91. The number of aliphatic hydroxyl groups excluding tert-OH is 1. The minimum atomic E-state index is -1.76. The molecule has 0 bridgehead atoms. The molecule has 2 atom stereocenters. The summed E-state index contributed by atoms with van der Waals surface area (Å²) in [4.78, 5) is 25.7. The van der Waals surface area contributed by atoms with Crippen LogP contribution < -0.4 is 10.1 Å². The maximum atomic E-state index is 14.1. The lowest BCUT2D eigenvalue weighted by Gasteiger charge is -2.23. The molecule has 2 N–H and O–H groups in total. The highest BCUT2D eigenvalue weighted by Gasteiger charge is 2.50. The summed E-state index contributed by atoms with van der Waals surface area (Å²) in [7, 11) is 0. The molecule has 0 unspecified atom stereocenters. The molecule has 1 aliphatic heterocycles. The molecule has 2 aromatic rings. The van der Waals surface area contributed by atoms with Crippen LogP contribution in [-0.2, 0) is 10.3 Å². The fourth-order valence-corrected chi connectivity index (χ4v) is 2.90. The van der Waals surface area contributed by atoms with Gasteiger partial charge in [0.25, 0.3) is 5.91 Å². The van der Waals surface area contributed by atoms with Crippen LogP contribution in [0.4, 0.5) is 13.6 Å². The second kappa shape index (κ2) is 7.32. The van der Waals surface area contributed by atoms with Crippen LogP contribution in [0.15, 0.2) is 48.5 Å². The molecular formula is C19H18F2N2O4. The van der Waals surface area contributed by atoms with Gasteiger partial charge in [-0.2, -0.15) is 0 Å². The molecule has 0 radical (unpaired) electrons. The maximum absolute atomic E-state index is 14.1. The molecule has 3 amide bonds. The molecule has 0 aliphatic carbocycles. The van der Waals surface area contributed by atoms with Crippen LogP contribution >= 0.6 is 0 Å². The summed E-state index contributed by atoms with van der Waals surface area (Å²) in [6.07, 6.45) is -1.15. The highest BCUT2D eigenvalue weighted by molar-refractivity contribution is 6.07. The van der Waals surface area contributed by atoms with E-state index in [1.54, 1.807) is 24.3 Å². The number of hydrogen-bond donors (Lipinski definition) is 2. The van der Waals surface area contributed by atoms with Crippen molar-refractivity contribution < 1.29 is 28.2 Å². The Morgan fingerprint density at radius 3 is 2.59 bits per heavy atom. The minimum Gasteiger partial charge on any atom is -0.491 e. The third kappa shape index (κ3) is 3.75. The first-order valence-corrected chi connectivity index (χ1v) is 8.27. The average Bonchev–Trinajstić information content (AvgIpc) is 2.87. The quantitative estimate of drug-likeness (QED) is 0.758. The fourth-order valence-electron chi connectivity index (χ4n) is 2.90. The Balaban J connectivity index is 1.71. The highest BCUT2D eigenvalue weighted by atomic mass is 19.1. The fraction of sp³-hybridized carbons (Fsp3) is 0.263. The Bertz CT molecular complexity index is 862. The van der Waals surface area contributed by atoms with Crippen LogP contribution in [0.3, 0.4) is 0 Å². The van der Waals surface area contributed by atoms with Gasteiger partial charge in [0.2, 0.25) is 0 Å². The smallest absolute Gasteiger partial charge is 0.325 e. The van der Waals surface area contributed by atoms with E-state index in [-0.39, 0.29) is 18.7 Å². The Morgan fingerprint density at radius 1 is 1.19 bits per heavy atom. The van der Waals surface area contributed by atoms with Crippen LogP contribution in [0.2, 0.25) is 0 Å². The second-order valence-electron chi connectivity index (χ2n) is 6.37. The molecule has 1 heterocycles. The van der Waals surface area contributed by atoms with E-state index in [1.807, 2.05) is 6.07 Å². The molecule has 2 aromatic carbocycles. The van der Waals surface area contributed by atoms with Gasteiger partial charge < -0.3 is 15.2 Å². The van der Waals surface area contributed by atoms with Gasteiger partial charge in [0.15, 0.2) is 0 Å². The zero-order chi connectivity index (χ0) is 19.6. The third-order valence-corrected chi connectivity index (χ3v) is 4.32. The Labute approximate surface area is 154 Å². The molecule has 3 rings (SSSR count). The number of benzene rings is 2. The standard InChI is InChI=1S/C19H18F2N2O4/c1-19(15-9-12(20)7-8-16(15)21)17(25)23(18(26)22-19)10-13(24)11-27-14-5-3-2-4-6-14/h2-9,13,24H,10-11H2,1H3,(H,22,26)/t13-,19-/m1/s1. The number of rotatable bonds is 6. The number of urea groups is 1. The monoisotopic (exact) mass is 376 g/mol. The van der Waals surface area contributed by atoms with E-state index in [2.05, 4.69) is 5.32 Å². The number of hydrogen-bond acceptors (Lipinski definition) is 4. The van der Waals surface area contributed by atoms with Crippen molar-refractivity contribution in [1.82, 2.24) is 10.2 Å². The van der Waals surface area contributed by atoms with Crippen LogP contribution in [0.1, 0.15) is 12.5 Å². The summed E-state index contributed by atoms with van der Waals surface area (Å²) in [5, 5.41) is 12.5. The number of aliphatic hydroxyl groups is 1. The van der Waals surface area contributed by atoms with Gasteiger partial charge >= 0.3 is 6.03 Å². The summed E-state index contributed by atoms with van der Waals surface area (Å²) in [5.74, 6) is -1.80. The number of carbonyl (C=O) groups excluding carboxylic acids is 2. The van der Waals surface area contributed by atoms with Gasteiger partial charge in [-0.05, 0) is 37.3 Å². The minimum absolute atomic E-state index is 0.147. The molecule has 0 saturated carbocycles. The van der Waals surface area contributed by atoms with Crippen molar-refractivity contribution in [2.75, 3.05) is 13.2 Å². The second-order valence-corrected chi connectivity index (χ2v) is 6.37. The van der Waals surface area contributed by atoms with Crippen molar-refractivity contribution in [2.24, 2.45) is 0 Å². The van der Waals surface area contributed by atoms with Gasteiger partial charge in [-0.1, -0.05) is 18.2 Å². The predicted molar refractivity (Wildman–Crippen MR) is 91.9 cm³/mol. The number of imide groups is 1. The Hall–Kier alpha value is -3.00. The molecule has 0 aromatic heterocycles. The molecule has 8 heteroatoms. The van der Waals surface area contributed by atoms with Crippen LogP contribution in [0.25, 0.3) is 0 Å². The lowest BCUT2D eigenvalue weighted by Crippen LogP contribution is -2.43. The van der Waals surface area contributed by atoms with Crippen molar-refractivity contribution >= 4 is 11.9 Å². The van der Waals surface area contributed by atoms with Gasteiger partial charge in [0.05, 0.1) is 6.54 Å². The maximum Gasteiger partial charge on any atom is 0.325 e. The molecule has 1 saturated heterocycles. The molecule has 0 spiro atoms. The van der Waals surface area contributed by atoms with E-state index >= 15 is 0 Å². The van der Waals surface area contributed by atoms with Gasteiger partial charge in [-0.25, -0.2) is 13.6 Å². The average molecular weight is 376 g/mol. The van der Waals surface area contributed by atoms with Crippen molar-refractivity contribution in [3.8, 4) is 5.75 Å². The van der Waals surface area contributed by atoms with Crippen LogP contribution in [-0.4, -0.2) is 41.2 Å². The van der Waals surface area contributed by atoms with E-state index < -0.39 is 35.2 Å². The predicted octanol–water partition coefficient (Wildman–Crippen LogP) is 2.17. The summed E-state index contributed by atoms with van der Waals surface area (Å²) < 4.78 is 33.0. The van der Waals surface area contributed by atoms with E-state index in [1.165, 1.54) is 6.92 Å². The molecular weight excluding hydrogens is 358 g/mol. The Morgan fingerprint density at radius 2 is 1.89 bits per heavy atom. The number of para-hydroxylation sites is 1. The van der Waals surface area contributed by atoms with Crippen LogP contribution in [0.5, 0.6) is 5.75 Å². The molecule has 142 valence electrons. The molecule has 27 heavy (non-hydrogen) atoms. The van der Waals surface area contributed by atoms with E-state index in [9.17, 15) is 23.5 Å². The van der Waals surface area contributed by atoms with Gasteiger partial charge in [-0.15, -0.1) is 0 Å². The lowest BCUT2D eigenvalue weighted by molar-refractivity contribution is -0.132. The summed E-state index contributed by atoms with van der Waals surface area (Å²) in [6.45, 7) is 0.800. The first kappa shape index (κ1) is 18.8. The zero-order valence-corrected chi connectivity index (χ0v) is 14.5. The summed E-state index contributed by atoms with van der Waals surface area (Å²) in [5.41, 5.74) is -2.04. The van der Waals surface area contributed by atoms with E-state index in [0.717, 1.165) is 23.1 Å². The first-order valence-electron chi connectivity index (χ1n) is 8.27. The number of nitrogens with zero attached hydrogens (tertiary/aromatic N) is 1. The number of amides is 3. The van der Waals surface area contributed by atoms with E-state index in [4.69, 9.17) is 4.74 Å². The van der Waals surface area contributed by atoms with Gasteiger partial charge in [0.1, 0.15) is 35.6 Å². The Kier molecular flexibility index (Phi) is 5.09.